The third-order valence-electron chi connectivity index (χ3n) is 1.57. The minimum Gasteiger partial charge on any atom is -0.478 e. The van der Waals surface area contributed by atoms with Crippen molar-refractivity contribution >= 4 is 23.9 Å². The number of carbonyl (C=O) groups is 4. The van der Waals surface area contributed by atoms with Gasteiger partial charge in [0.2, 0.25) is 0 Å². The average molecular weight is 328 g/mol. The van der Waals surface area contributed by atoms with Gasteiger partial charge in [-0.3, -0.25) is 0 Å². The van der Waals surface area contributed by atoms with Gasteiger partial charge < -0.3 is 19.7 Å². The molecule has 8 nitrogen and oxygen atoms in total. The van der Waals surface area contributed by atoms with E-state index in [2.05, 4.69) is 9.47 Å². The number of carbonyl (C=O) groups excluding carboxylic acids is 2. The molecule has 0 fully saturated rings. The van der Waals surface area contributed by atoms with Crippen LogP contribution in [0.3, 0.4) is 0 Å². The highest BCUT2D eigenvalue weighted by Gasteiger charge is 1.89. The first-order chi connectivity index (χ1) is 10.3. The van der Waals surface area contributed by atoms with Gasteiger partial charge in [0.05, 0.1) is 14.2 Å². The first-order valence-corrected chi connectivity index (χ1v) is 5.64. The Morgan fingerprint density at radius 2 is 0.913 bits per heavy atom. The maximum atomic E-state index is 10.5. The smallest absolute Gasteiger partial charge is 0.330 e. The molecular formula is C15H20O8. The number of hydrogen-bond donors (Lipinski definition) is 2. The second kappa shape index (κ2) is 16.9. The first kappa shape index (κ1) is 24.8. The fraction of sp³-hybridized carbons (Fsp3) is 0.200. The molecule has 0 radical (unpaired) electrons. The Morgan fingerprint density at radius 3 is 1.13 bits per heavy atom. The Morgan fingerprint density at radius 1 is 0.652 bits per heavy atom. The number of hydrogen-bond acceptors (Lipinski definition) is 6. The van der Waals surface area contributed by atoms with Gasteiger partial charge in [-0.25, -0.2) is 19.2 Å². The van der Waals surface area contributed by atoms with Crippen LogP contribution in [0.15, 0.2) is 48.6 Å². The first-order valence-electron chi connectivity index (χ1n) is 5.64. The Labute approximate surface area is 134 Å². The summed E-state index contributed by atoms with van der Waals surface area (Å²) in [4.78, 5) is 40.5. The zero-order chi connectivity index (χ0) is 17.4. The largest absolute Gasteiger partial charge is 0.478 e. The van der Waals surface area contributed by atoms with E-state index in [1.807, 2.05) is 0 Å². The van der Waals surface area contributed by atoms with Gasteiger partial charge >= 0.3 is 23.9 Å². The summed E-state index contributed by atoms with van der Waals surface area (Å²) >= 11 is 0. The van der Waals surface area contributed by atoms with Gasteiger partial charge in [0.1, 0.15) is 0 Å². The quantitative estimate of drug-likeness (QED) is 0.425. The van der Waals surface area contributed by atoms with Crippen molar-refractivity contribution in [2.45, 2.75) is 7.43 Å². The van der Waals surface area contributed by atoms with Crippen molar-refractivity contribution in [3.05, 3.63) is 48.6 Å². The monoisotopic (exact) mass is 328 g/mol. The van der Waals surface area contributed by atoms with Crippen molar-refractivity contribution in [3.8, 4) is 0 Å². The van der Waals surface area contributed by atoms with Gasteiger partial charge in [-0.05, 0) is 0 Å². The molecule has 128 valence electrons. The Kier molecular flexibility index (Phi) is 18.2. The summed E-state index contributed by atoms with van der Waals surface area (Å²) in [5.41, 5.74) is 0. The van der Waals surface area contributed by atoms with Crippen molar-refractivity contribution in [1.29, 1.82) is 0 Å². The number of methoxy groups -OCH3 is 2. The average Bonchev–Trinajstić information content (AvgIpc) is 2.47. The summed E-state index contributed by atoms with van der Waals surface area (Å²) in [6.07, 6.45) is 9.14. The number of esters is 2. The number of carboxylic acid groups (broad SMARTS) is 2. The van der Waals surface area contributed by atoms with E-state index in [0.29, 0.717) is 0 Å². The van der Waals surface area contributed by atoms with Crippen LogP contribution in [-0.2, 0) is 28.7 Å². The fourth-order valence-electron chi connectivity index (χ4n) is 0.680. The van der Waals surface area contributed by atoms with Gasteiger partial charge in [-0.15, -0.1) is 0 Å². The van der Waals surface area contributed by atoms with Crippen LogP contribution in [-0.4, -0.2) is 48.3 Å². The minimum absolute atomic E-state index is 0. The van der Waals surface area contributed by atoms with Crippen LogP contribution < -0.4 is 0 Å². The molecule has 2 N–H and O–H groups in total. The minimum atomic E-state index is -1.10. The van der Waals surface area contributed by atoms with E-state index in [1.165, 1.54) is 38.5 Å². The predicted molar refractivity (Wildman–Crippen MR) is 82.6 cm³/mol. The van der Waals surface area contributed by atoms with Crippen LogP contribution >= 0.6 is 0 Å². The Balaban J connectivity index is -0.000000338. The molecule has 0 saturated heterocycles. The molecule has 0 aromatic carbocycles. The number of allylic oxidation sites excluding steroid dienone is 4. The van der Waals surface area contributed by atoms with Crippen molar-refractivity contribution in [2.75, 3.05) is 14.2 Å². The lowest BCUT2D eigenvalue weighted by Crippen LogP contribution is -1.94. The number of carboxylic acids is 2. The molecular weight excluding hydrogens is 308 g/mol. The van der Waals surface area contributed by atoms with Gasteiger partial charge in [-0.2, -0.15) is 0 Å². The number of ether oxygens (including phenoxy) is 2. The summed E-state index contributed by atoms with van der Waals surface area (Å²) < 4.78 is 8.62. The maximum Gasteiger partial charge on any atom is 0.330 e. The van der Waals surface area contributed by atoms with Crippen LogP contribution in [0.1, 0.15) is 7.43 Å². The van der Waals surface area contributed by atoms with Crippen molar-refractivity contribution in [1.82, 2.24) is 0 Å². The molecule has 0 bridgehead atoms. The SMILES string of the molecule is C.COC(=O)C=CC=CC(=O)OC.O=C(O)/C=C\C=C/C(=O)O. The molecule has 0 unspecified atom stereocenters. The van der Waals surface area contributed by atoms with Crippen LogP contribution in [0.5, 0.6) is 0 Å². The van der Waals surface area contributed by atoms with Crippen LogP contribution in [0, 0.1) is 0 Å². The lowest BCUT2D eigenvalue weighted by atomic mass is 10.4. The predicted octanol–water partition coefficient (Wildman–Crippen LogP) is 1.35. The van der Waals surface area contributed by atoms with E-state index in [-0.39, 0.29) is 7.43 Å². The summed E-state index contributed by atoms with van der Waals surface area (Å²) in [5.74, 6) is -3.14. The van der Waals surface area contributed by atoms with E-state index in [4.69, 9.17) is 10.2 Å². The molecule has 0 aliphatic carbocycles. The molecule has 0 saturated carbocycles. The summed E-state index contributed by atoms with van der Waals surface area (Å²) in [7, 11) is 2.55. The van der Waals surface area contributed by atoms with E-state index < -0.39 is 23.9 Å². The Hall–Kier alpha value is -3.16. The third-order valence-corrected chi connectivity index (χ3v) is 1.57. The van der Waals surface area contributed by atoms with E-state index >= 15 is 0 Å². The maximum absolute atomic E-state index is 10.5. The van der Waals surface area contributed by atoms with Crippen molar-refractivity contribution < 1.29 is 38.9 Å². The molecule has 0 aliphatic rings. The lowest BCUT2D eigenvalue weighted by Gasteiger charge is -1.87. The molecule has 0 aromatic rings. The highest BCUT2D eigenvalue weighted by Crippen LogP contribution is 1.82. The van der Waals surface area contributed by atoms with Crippen LogP contribution in [0.2, 0.25) is 0 Å². The number of rotatable bonds is 6. The molecule has 0 rings (SSSR count). The van der Waals surface area contributed by atoms with Crippen molar-refractivity contribution in [2.24, 2.45) is 0 Å². The third kappa shape index (κ3) is 24.3. The zero-order valence-electron chi connectivity index (χ0n) is 12.0. The zero-order valence-corrected chi connectivity index (χ0v) is 12.0. The molecule has 23 heavy (non-hydrogen) atoms. The van der Waals surface area contributed by atoms with Gasteiger partial charge in [0.25, 0.3) is 0 Å². The lowest BCUT2D eigenvalue weighted by molar-refractivity contribution is -0.135. The van der Waals surface area contributed by atoms with E-state index in [9.17, 15) is 19.2 Å². The highest BCUT2D eigenvalue weighted by molar-refractivity contribution is 5.84. The van der Waals surface area contributed by atoms with Crippen molar-refractivity contribution in [3.63, 3.8) is 0 Å². The second-order valence-corrected chi connectivity index (χ2v) is 3.16. The van der Waals surface area contributed by atoms with Gasteiger partial charge in [0.15, 0.2) is 0 Å². The van der Waals surface area contributed by atoms with E-state index in [1.54, 1.807) is 0 Å². The summed E-state index contributed by atoms with van der Waals surface area (Å²) in [6, 6.07) is 0. The fourth-order valence-corrected chi connectivity index (χ4v) is 0.680. The standard InChI is InChI=1S/C8H10O4.C6H6O4.CH4/c1-11-7(9)5-3-4-6-8(10)12-2;7-5(8)3-1-2-4-6(9)10;/h3-6H,1-2H3;1-4H,(H,7,8)(H,9,10);1H4/b;3-1-,4-2-;. The molecule has 0 aromatic heterocycles. The molecule has 8 heteroatoms. The highest BCUT2D eigenvalue weighted by atomic mass is 16.5. The number of aliphatic carboxylic acids is 2. The van der Waals surface area contributed by atoms with E-state index in [0.717, 1.165) is 24.3 Å². The molecule has 0 amide bonds. The van der Waals surface area contributed by atoms with Gasteiger partial charge in [0, 0.05) is 24.3 Å². The van der Waals surface area contributed by atoms with Crippen LogP contribution in [0.25, 0.3) is 0 Å². The topological polar surface area (TPSA) is 127 Å². The second-order valence-electron chi connectivity index (χ2n) is 3.16. The Bertz CT molecular complexity index is 452. The molecule has 0 heterocycles. The van der Waals surface area contributed by atoms with Gasteiger partial charge in [-0.1, -0.05) is 31.7 Å². The molecule has 0 spiro atoms. The summed E-state index contributed by atoms with van der Waals surface area (Å²) in [5, 5.41) is 16.0. The molecule has 0 atom stereocenters. The normalized spacial score (nSPS) is 10.2. The molecule has 0 aliphatic heterocycles. The summed E-state index contributed by atoms with van der Waals surface area (Å²) in [6.45, 7) is 0. The van der Waals surface area contributed by atoms with Crippen LogP contribution in [0.4, 0.5) is 0 Å².